The molecule has 29 heavy (non-hydrogen) atoms. The van der Waals surface area contributed by atoms with Crippen LogP contribution in [0.3, 0.4) is 0 Å². The van der Waals surface area contributed by atoms with Gasteiger partial charge in [-0.25, -0.2) is 4.98 Å². The second kappa shape index (κ2) is 8.10. The molecule has 148 valence electrons. The predicted octanol–water partition coefficient (Wildman–Crippen LogP) is 5.06. The van der Waals surface area contributed by atoms with Crippen molar-refractivity contribution < 1.29 is 4.79 Å². The summed E-state index contributed by atoms with van der Waals surface area (Å²) < 4.78 is 1.39. The molecule has 0 fully saturated rings. The molecule has 3 heterocycles. The van der Waals surface area contributed by atoms with Crippen molar-refractivity contribution in [1.29, 1.82) is 0 Å². The lowest BCUT2D eigenvalue weighted by Gasteiger charge is -2.25. The SMILES string of the molecule is CC(c1ccc(Cl)cc1)N(C)C(=O)Cn1cnc2scc(-c3cccs3)c2c1=O. The van der Waals surface area contributed by atoms with Gasteiger partial charge in [-0.05, 0) is 36.1 Å². The van der Waals surface area contributed by atoms with Gasteiger partial charge in [-0.1, -0.05) is 29.8 Å². The summed E-state index contributed by atoms with van der Waals surface area (Å²) in [7, 11) is 1.74. The van der Waals surface area contributed by atoms with Crippen LogP contribution < -0.4 is 5.56 Å². The van der Waals surface area contributed by atoms with Crippen LogP contribution in [0.25, 0.3) is 20.7 Å². The first-order valence-corrected chi connectivity index (χ1v) is 11.1. The lowest BCUT2D eigenvalue weighted by Crippen LogP contribution is -2.35. The molecule has 8 heteroatoms. The summed E-state index contributed by atoms with van der Waals surface area (Å²) in [5, 5.41) is 5.15. The van der Waals surface area contributed by atoms with E-state index >= 15 is 0 Å². The second-order valence-corrected chi connectivity index (χ2v) is 8.96. The van der Waals surface area contributed by atoms with E-state index in [9.17, 15) is 9.59 Å². The molecule has 0 aliphatic heterocycles. The minimum Gasteiger partial charge on any atom is -0.337 e. The number of aromatic nitrogens is 2. The zero-order valence-electron chi connectivity index (χ0n) is 15.8. The van der Waals surface area contributed by atoms with Crippen LogP contribution in [0.15, 0.2) is 58.3 Å². The Hall–Kier alpha value is -2.48. The summed E-state index contributed by atoms with van der Waals surface area (Å²) in [5.74, 6) is -0.163. The highest BCUT2D eigenvalue weighted by Gasteiger charge is 2.20. The Morgan fingerprint density at radius 3 is 2.69 bits per heavy atom. The minimum absolute atomic E-state index is 0.0596. The number of halogens is 1. The van der Waals surface area contributed by atoms with Crippen molar-refractivity contribution in [2.75, 3.05) is 7.05 Å². The van der Waals surface area contributed by atoms with Crippen molar-refractivity contribution in [3.63, 3.8) is 0 Å². The molecule has 5 nitrogen and oxygen atoms in total. The molecule has 4 rings (SSSR count). The number of nitrogens with zero attached hydrogens (tertiary/aromatic N) is 3. The quantitative estimate of drug-likeness (QED) is 0.433. The lowest BCUT2D eigenvalue weighted by molar-refractivity contribution is -0.132. The van der Waals surface area contributed by atoms with Crippen LogP contribution in [0.2, 0.25) is 5.02 Å². The van der Waals surface area contributed by atoms with Crippen molar-refractivity contribution in [3.8, 4) is 10.4 Å². The summed E-state index contributed by atoms with van der Waals surface area (Å²) >= 11 is 8.96. The average molecular weight is 444 g/mol. The van der Waals surface area contributed by atoms with Crippen molar-refractivity contribution in [2.24, 2.45) is 0 Å². The summed E-state index contributed by atoms with van der Waals surface area (Å²) in [6.07, 6.45) is 1.46. The van der Waals surface area contributed by atoms with Crippen LogP contribution >= 0.6 is 34.3 Å². The number of hydrogen-bond acceptors (Lipinski definition) is 5. The first kappa shape index (κ1) is 19.8. The Morgan fingerprint density at radius 1 is 1.24 bits per heavy atom. The van der Waals surface area contributed by atoms with Gasteiger partial charge < -0.3 is 4.90 Å². The van der Waals surface area contributed by atoms with Crippen LogP contribution in [0.4, 0.5) is 0 Å². The fourth-order valence-corrected chi connectivity index (χ4v) is 4.98. The Labute approximate surface area is 180 Å². The van der Waals surface area contributed by atoms with Crippen LogP contribution in [-0.2, 0) is 11.3 Å². The molecule has 0 saturated carbocycles. The van der Waals surface area contributed by atoms with E-state index in [1.165, 1.54) is 22.2 Å². The number of likely N-dealkylation sites (N-methyl/N-ethyl adjacent to an activating group) is 1. The first-order valence-electron chi connectivity index (χ1n) is 8.97. The van der Waals surface area contributed by atoms with E-state index in [4.69, 9.17) is 11.6 Å². The molecule has 1 atom stereocenters. The van der Waals surface area contributed by atoms with Crippen molar-refractivity contribution in [3.05, 3.63) is 74.4 Å². The summed E-state index contributed by atoms with van der Waals surface area (Å²) in [6.45, 7) is 1.88. The van der Waals surface area contributed by atoms with Gasteiger partial charge in [0, 0.05) is 27.9 Å². The molecule has 0 aliphatic carbocycles. The molecule has 3 aromatic heterocycles. The number of benzene rings is 1. The van der Waals surface area contributed by atoms with Gasteiger partial charge in [-0.2, -0.15) is 0 Å². The highest BCUT2D eigenvalue weighted by Crippen LogP contribution is 2.33. The standard InChI is InChI=1S/C21H18ClN3O2S2/c1-13(14-5-7-15(22)8-6-14)24(2)18(26)10-25-12-23-20-19(21(25)27)16(11-29-20)17-4-3-9-28-17/h3-9,11-13H,10H2,1-2H3. The molecule has 0 radical (unpaired) electrons. The molecule has 1 unspecified atom stereocenters. The van der Waals surface area contributed by atoms with Gasteiger partial charge in [0.05, 0.1) is 17.8 Å². The number of amides is 1. The van der Waals surface area contributed by atoms with Crippen LogP contribution in [0, 0.1) is 0 Å². The minimum atomic E-state index is -0.194. The van der Waals surface area contributed by atoms with Crippen molar-refractivity contribution >= 4 is 50.4 Å². The number of rotatable bonds is 5. The maximum atomic E-state index is 13.1. The van der Waals surface area contributed by atoms with E-state index in [0.717, 1.165) is 16.0 Å². The normalized spacial score (nSPS) is 12.2. The summed E-state index contributed by atoms with van der Waals surface area (Å²) in [4.78, 5) is 33.7. The fraction of sp³-hybridized carbons (Fsp3) is 0.190. The van der Waals surface area contributed by atoms with Crippen molar-refractivity contribution in [1.82, 2.24) is 14.5 Å². The highest BCUT2D eigenvalue weighted by molar-refractivity contribution is 7.18. The zero-order valence-corrected chi connectivity index (χ0v) is 18.2. The molecular formula is C21H18ClN3O2S2. The molecule has 0 bridgehead atoms. The van der Waals surface area contributed by atoms with E-state index in [0.29, 0.717) is 15.2 Å². The number of hydrogen-bond donors (Lipinski definition) is 0. The maximum absolute atomic E-state index is 13.1. The van der Waals surface area contributed by atoms with Crippen LogP contribution in [0.1, 0.15) is 18.5 Å². The van der Waals surface area contributed by atoms with Gasteiger partial charge >= 0.3 is 0 Å². The molecule has 0 aliphatic rings. The Bertz CT molecular complexity index is 1210. The summed E-state index contributed by atoms with van der Waals surface area (Å²) in [5.41, 5.74) is 1.66. The molecule has 1 aromatic carbocycles. The van der Waals surface area contributed by atoms with E-state index < -0.39 is 0 Å². The van der Waals surface area contributed by atoms with E-state index in [1.54, 1.807) is 35.4 Å². The molecule has 0 spiro atoms. The number of fused-ring (bicyclic) bond motifs is 1. The van der Waals surface area contributed by atoms with Gasteiger partial charge in [0.25, 0.3) is 5.56 Å². The molecule has 4 aromatic rings. The third kappa shape index (κ3) is 3.85. The average Bonchev–Trinajstić information content (AvgIpc) is 3.39. The monoisotopic (exact) mass is 443 g/mol. The van der Waals surface area contributed by atoms with Gasteiger partial charge in [0.1, 0.15) is 11.4 Å². The maximum Gasteiger partial charge on any atom is 0.263 e. The van der Waals surface area contributed by atoms with Crippen LogP contribution in [0.5, 0.6) is 0 Å². The predicted molar refractivity (Wildman–Crippen MR) is 120 cm³/mol. The lowest BCUT2D eigenvalue weighted by atomic mass is 10.1. The van der Waals surface area contributed by atoms with E-state index in [1.807, 2.05) is 41.9 Å². The number of carbonyl (C=O) groups is 1. The van der Waals surface area contributed by atoms with Crippen molar-refractivity contribution in [2.45, 2.75) is 19.5 Å². The Morgan fingerprint density at radius 2 is 2.00 bits per heavy atom. The fourth-order valence-electron chi connectivity index (χ4n) is 3.13. The molecule has 0 N–H and O–H groups in total. The van der Waals surface area contributed by atoms with Crippen LogP contribution in [-0.4, -0.2) is 27.4 Å². The largest absolute Gasteiger partial charge is 0.337 e. The Balaban J connectivity index is 1.61. The highest BCUT2D eigenvalue weighted by atomic mass is 35.5. The number of carbonyl (C=O) groups excluding carboxylic acids is 1. The zero-order chi connectivity index (χ0) is 20.5. The molecule has 0 saturated heterocycles. The molecule has 1 amide bonds. The first-order chi connectivity index (χ1) is 14.0. The van der Waals surface area contributed by atoms with Gasteiger partial charge in [-0.3, -0.25) is 14.2 Å². The summed E-state index contributed by atoms with van der Waals surface area (Å²) in [6, 6.07) is 11.2. The molecular weight excluding hydrogens is 426 g/mol. The Kier molecular flexibility index (Phi) is 5.54. The smallest absolute Gasteiger partial charge is 0.263 e. The van der Waals surface area contributed by atoms with E-state index in [2.05, 4.69) is 4.98 Å². The topological polar surface area (TPSA) is 55.2 Å². The van der Waals surface area contributed by atoms with Gasteiger partial charge in [0.2, 0.25) is 5.91 Å². The van der Waals surface area contributed by atoms with E-state index in [-0.39, 0.29) is 24.1 Å². The third-order valence-electron chi connectivity index (χ3n) is 4.98. The third-order valence-corrected chi connectivity index (χ3v) is 7.02. The number of thiophene rings is 2. The second-order valence-electron chi connectivity index (χ2n) is 6.72. The van der Waals surface area contributed by atoms with Gasteiger partial charge in [-0.15, -0.1) is 22.7 Å². The van der Waals surface area contributed by atoms with Gasteiger partial charge in [0.15, 0.2) is 0 Å².